The lowest BCUT2D eigenvalue weighted by atomic mass is 10.1. The van der Waals surface area contributed by atoms with Gasteiger partial charge in [-0.3, -0.25) is 9.78 Å². The van der Waals surface area contributed by atoms with Gasteiger partial charge in [0.25, 0.3) is 5.56 Å². The summed E-state index contributed by atoms with van der Waals surface area (Å²) in [5.74, 6) is 0.588. The van der Waals surface area contributed by atoms with Crippen LogP contribution in [0.2, 0.25) is 0 Å². The van der Waals surface area contributed by atoms with Crippen molar-refractivity contribution >= 4 is 10.8 Å². The predicted octanol–water partition coefficient (Wildman–Crippen LogP) is 2.94. The van der Waals surface area contributed by atoms with Crippen molar-refractivity contribution in [1.82, 2.24) is 15.0 Å². The molecule has 4 nitrogen and oxygen atoms in total. The van der Waals surface area contributed by atoms with Crippen LogP contribution >= 0.6 is 0 Å². The lowest BCUT2D eigenvalue weighted by Gasteiger charge is -2.06. The minimum absolute atomic E-state index is 0.119. The number of nitrogens with zero attached hydrogens (tertiary/aromatic N) is 2. The summed E-state index contributed by atoms with van der Waals surface area (Å²) >= 11 is 0. The molecule has 0 aliphatic carbocycles. The molecular formula is C16H15N3O. The van der Waals surface area contributed by atoms with Gasteiger partial charge in [0, 0.05) is 35.1 Å². The molecule has 0 amide bonds. The Balaban J connectivity index is 2.23. The van der Waals surface area contributed by atoms with Crippen LogP contribution in [0.3, 0.4) is 0 Å². The summed E-state index contributed by atoms with van der Waals surface area (Å²) in [4.78, 5) is 23.4. The Bertz CT molecular complexity index is 803. The lowest BCUT2D eigenvalue weighted by Crippen LogP contribution is -2.10. The van der Waals surface area contributed by atoms with Crippen molar-refractivity contribution in [3.63, 3.8) is 0 Å². The predicted molar refractivity (Wildman–Crippen MR) is 79.6 cm³/mol. The van der Waals surface area contributed by atoms with Gasteiger partial charge in [-0.1, -0.05) is 37.6 Å². The Morgan fingerprint density at radius 2 is 2.05 bits per heavy atom. The molecule has 0 atom stereocenters. The van der Waals surface area contributed by atoms with E-state index in [9.17, 15) is 4.79 Å². The highest BCUT2D eigenvalue weighted by molar-refractivity contribution is 5.93. The number of pyridine rings is 1. The summed E-state index contributed by atoms with van der Waals surface area (Å²) in [6, 6.07) is 9.52. The summed E-state index contributed by atoms with van der Waals surface area (Å²) in [7, 11) is 0. The first kappa shape index (κ1) is 12.5. The SMILES string of the molecule is CCCc1cc(=O)[nH]c(-c2cncc3ccccc23)n1. The van der Waals surface area contributed by atoms with Crippen molar-refractivity contribution < 1.29 is 0 Å². The molecule has 1 aromatic carbocycles. The zero-order valence-corrected chi connectivity index (χ0v) is 11.3. The third-order valence-electron chi connectivity index (χ3n) is 3.22. The van der Waals surface area contributed by atoms with Gasteiger partial charge in [0.1, 0.15) is 5.82 Å². The molecule has 3 aromatic rings. The number of hydrogen-bond acceptors (Lipinski definition) is 3. The number of fused-ring (bicyclic) bond motifs is 1. The molecule has 2 heterocycles. The summed E-state index contributed by atoms with van der Waals surface area (Å²) in [5.41, 5.74) is 1.56. The van der Waals surface area contributed by atoms with E-state index in [1.54, 1.807) is 12.3 Å². The second-order valence-electron chi connectivity index (χ2n) is 4.74. The molecule has 0 saturated carbocycles. The van der Waals surface area contributed by atoms with E-state index in [1.807, 2.05) is 30.5 Å². The van der Waals surface area contributed by atoms with Crippen LogP contribution in [0.4, 0.5) is 0 Å². The minimum atomic E-state index is -0.119. The highest BCUT2D eigenvalue weighted by Crippen LogP contribution is 2.24. The number of aryl methyl sites for hydroxylation is 1. The first-order valence-corrected chi connectivity index (χ1v) is 6.71. The molecule has 0 radical (unpaired) electrons. The highest BCUT2D eigenvalue weighted by atomic mass is 16.1. The maximum Gasteiger partial charge on any atom is 0.251 e. The van der Waals surface area contributed by atoms with Gasteiger partial charge < -0.3 is 4.98 Å². The molecule has 20 heavy (non-hydrogen) atoms. The second kappa shape index (κ2) is 5.25. The average Bonchev–Trinajstić information content (AvgIpc) is 2.46. The summed E-state index contributed by atoms with van der Waals surface area (Å²) < 4.78 is 0. The van der Waals surface area contributed by atoms with Crippen LogP contribution in [0.5, 0.6) is 0 Å². The Labute approximate surface area is 116 Å². The van der Waals surface area contributed by atoms with Crippen molar-refractivity contribution in [3.05, 3.63) is 58.8 Å². The van der Waals surface area contributed by atoms with Crippen molar-refractivity contribution in [2.45, 2.75) is 19.8 Å². The Hall–Kier alpha value is -2.49. The Kier molecular flexibility index (Phi) is 3.29. The van der Waals surface area contributed by atoms with Crippen molar-refractivity contribution in [1.29, 1.82) is 0 Å². The Morgan fingerprint density at radius 1 is 1.20 bits per heavy atom. The molecule has 2 aromatic heterocycles. The van der Waals surface area contributed by atoms with E-state index in [2.05, 4.69) is 21.9 Å². The molecular weight excluding hydrogens is 250 g/mol. The van der Waals surface area contributed by atoms with Crippen LogP contribution in [0, 0.1) is 0 Å². The van der Waals surface area contributed by atoms with Crippen LogP contribution in [0.1, 0.15) is 19.0 Å². The molecule has 1 N–H and O–H groups in total. The van der Waals surface area contributed by atoms with Crippen LogP contribution in [0.25, 0.3) is 22.2 Å². The first-order chi connectivity index (χ1) is 9.78. The van der Waals surface area contributed by atoms with Crippen molar-refractivity contribution in [2.75, 3.05) is 0 Å². The fraction of sp³-hybridized carbons (Fsp3) is 0.188. The van der Waals surface area contributed by atoms with E-state index in [0.717, 1.165) is 34.9 Å². The number of H-pyrrole nitrogens is 1. The first-order valence-electron chi connectivity index (χ1n) is 6.71. The zero-order valence-electron chi connectivity index (χ0n) is 11.3. The van der Waals surface area contributed by atoms with Gasteiger partial charge in [0.2, 0.25) is 0 Å². The monoisotopic (exact) mass is 265 g/mol. The molecule has 0 saturated heterocycles. The summed E-state index contributed by atoms with van der Waals surface area (Å²) in [5, 5.41) is 2.08. The van der Waals surface area contributed by atoms with E-state index in [1.165, 1.54) is 0 Å². The molecule has 0 unspecified atom stereocenters. The maximum atomic E-state index is 11.8. The Morgan fingerprint density at radius 3 is 2.90 bits per heavy atom. The minimum Gasteiger partial charge on any atom is -0.306 e. The molecule has 0 aliphatic heterocycles. The van der Waals surface area contributed by atoms with Gasteiger partial charge in [-0.15, -0.1) is 0 Å². The number of aromatic nitrogens is 3. The van der Waals surface area contributed by atoms with Gasteiger partial charge in [-0.05, 0) is 11.8 Å². The van der Waals surface area contributed by atoms with E-state index >= 15 is 0 Å². The topological polar surface area (TPSA) is 58.6 Å². The third kappa shape index (κ3) is 2.32. The number of aromatic amines is 1. The number of hydrogen-bond donors (Lipinski definition) is 1. The standard InChI is InChI=1S/C16H15N3O/c1-2-5-12-8-15(20)19-16(18-12)14-10-17-9-11-6-3-4-7-13(11)14/h3-4,6-10H,2,5H2,1H3,(H,18,19,20). The fourth-order valence-electron chi connectivity index (χ4n) is 2.32. The normalized spacial score (nSPS) is 10.8. The fourth-order valence-corrected chi connectivity index (χ4v) is 2.32. The average molecular weight is 265 g/mol. The third-order valence-corrected chi connectivity index (χ3v) is 3.22. The molecule has 0 spiro atoms. The number of nitrogens with one attached hydrogen (secondary N) is 1. The van der Waals surface area contributed by atoms with Crippen molar-refractivity contribution in [2.24, 2.45) is 0 Å². The largest absolute Gasteiger partial charge is 0.306 e. The number of benzene rings is 1. The molecule has 4 heteroatoms. The zero-order chi connectivity index (χ0) is 13.9. The second-order valence-corrected chi connectivity index (χ2v) is 4.74. The summed E-state index contributed by atoms with van der Waals surface area (Å²) in [6.07, 6.45) is 5.32. The van der Waals surface area contributed by atoms with Crippen molar-refractivity contribution in [3.8, 4) is 11.4 Å². The van der Waals surface area contributed by atoms with Gasteiger partial charge in [0.15, 0.2) is 0 Å². The molecule has 0 aliphatic rings. The number of rotatable bonds is 3. The smallest absolute Gasteiger partial charge is 0.251 e. The van der Waals surface area contributed by atoms with Gasteiger partial charge in [-0.25, -0.2) is 4.98 Å². The van der Waals surface area contributed by atoms with E-state index < -0.39 is 0 Å². The van der Waals surface area contributed by atoms with Crippen LogP contribution in [-0.2, 0) is 6.42 Å². The highest BCUT2D eigenvalue weighted by Gasteiger charge is 2.08. The van der Waals surface area contributed by atoms with Gasteiger partial charge in [0.05, 0.1) is 0 Å². The summed E-state index contributed by atoms with van der Waals surface area (Å²) in [6.45, 7) is 2.07. The van der Waals surface area contributed by atoms with E-state index in [0.29, 0.717) is 5.82 Å². The van der Waals surface area contributed by atoms with Crippen LogP contribution in [-0.4, -0.2) is 15.0 Å². The maximum absolute atomic E-state index is 11.8. The molecule has 3 rings (SSSR count). The quantitative estimate of drug-likeness (QED) is 0.792. The van der Waals surface area contributed by atoms with E-state index in [-0.39, 0.29) is 5.56 Å². The van der Waals surface area contributed by atoms with E-state index in [4.69, 9.17) is 0 Å². The molecule has 100 valence electrons. The lowest BCUT2D eigenvalue weighted by molar-refractivity contribution is 0.870. The van der Waals surface area contributed by atoms with Crippen LogP contribution in [0.15, 0.2) is 47.5 Å². The molecule has 0 bridgehead atoms. The molecule has 0 fully saturated rings. The van der Waals surface area contributed by atoms with Gasteiger partial charge >= 0.3 is 0 Å². The van der Waals surface area contributed by atoms with Gasteiger partial charge in [-0.2, -0.15) is 0 Å². The van der Waals surface area contributed by atoms with Crippen LogP contribution < -0.4 is 5.56 Å².